The maximum atomic E-state index is 13.3. The molecule has 7 nitrogen and oxygen atoms in total. The Morgan fingerprint density at radius 1 is 1.28 bits per heavy atom. The highest BCUT2D eigenvalue weighted by atomic mass is 19.4. The van der Waals surface area contributed by atoms with Gasteiger partial charge in [0.15, 0.2) is 0 Å². The van der Waals surface area contributed by atoms with Crippen LogP contribution in [0.4, 0.5) is 23.7 Å². The summed E-state index contributed by atoms with van der Waals surface area (Å²) in [5.74, 6) is 10.7. The summed E-state index contributed by atoms with van der Waals surface area (Å²) in [7, 11) is 0. The van der Waals surface area contributed by atoms with E-state index in [-0.39, 0.29) is 17.1 Å². The van der Waals surface area contributed by atoms with Crippen LogP contribution in [0.1, 0.15) is 16.8 Å². The molecule has 0 aliphatic carbocycles. The SMILES string of the molecule is Cc1cccc(OCc2c(N(N)C(=O)NN)cccc2C(F)(F)F)n1. The number of carbonyl (C=O) groups is 1. The van der Waals surface area contributed by atoms with Gasteiger partial charge in [0.2, 0.25) is 5.88 Å². The average Bonchev–Trinajstić information content (AvgIpc) is 2.57. The zero-order valence-corrected chi connectivity index (χ0v) is 13.2. The van der Waals surface area contributed by atoms with Gasteiger partial charge in [-0.2, -0.15) is 13.2 Å². The summed E-state index contributed by atoms with van der Waals surface area (Å²) < 4.78 is 45.3. The fourth-order valence-corrected chi connectivity index (χ4v) is 2.14. The number of aromatic nitrogens is 1. The minimum Gasteiger partial charge on any atom is -0.473 e. The number of nitrogens with zero attached hydrogens (tertiary/aromatic N) is 2. The van der Waals surface area contributed by atoms with Crippen LogP contribution in [0, 0.1) is 6.92 Å². The molecule has 0 atom stereocenters. The lowest BCUT2D eigenvalue weighted by Crippen LogP contribution is -2.48. The lowest BCUT2D eigenvalue weighted by molar-refractivity contribution is -0.138. The molecule has 2 aromatic rings. The first-order valence-electron chi connectivity index (χ1n) is 7.05. The first kappa shape index (κ1) is 18.5. The number of carbonyl (C=O) groups excluding carboxylic acids is 1. The minimum absolute atomic E-state index is 0.148. The molecule has 134 valence electrons. The molecular weight excluding hydrogens is 339 g/mol. The number of nitrogens with one attached hydrogen (secondary N) is 1. The Morgan fingerprint density at radius 3 is 2.56 bits per heavy atom. The Hall–Kier alpha value is -2.85. The van der Waals surface area contributed by atoms with Crippen LogP contribution in [-0.2, 0) is 12.8 Å². The number of pyridine rings is 1. The van der Waals surface area contributed by atoms with E-state index in [0.717, 1.165) is 12.1 Å². The van der Waals surface area contributed by atoms with Gasteiger partial charge in [0, 0.05) is 17.3 Å². The highest BCUT2D eigenvalue weighted by Crippen LogP contribution is 2.36. The Morgan fingerprint density at radius 2 is 1.96 bits per heavy atom. The standard InChI is InChI=1S/C15H16F3N5O2/c1-9-4-2-7-13(21-9)25-8-10-11(15(16,17)18)5-3-6-12(10)23(20)14(24)22-19/h2-7H,8,19-20H2,1H3,(H,22,24). The summed E-state index contributed by atoms with van der Waals surface area (Å²) in [5, 5.41) is 0.484. The zero-order chi connectivity index (χ0) is 18.6. The second kappa shape index (κ2) is 7.36. The number of anilines is 1. The lowest BCUT2D eigenvalue weighted by atomic mass is 10.1. The lowest BCUT2D eigenvalue weighted by Gasteiger charge is -2.22. The number of hydrogen-bond acceptors (Lipinski definition) is 5. The Bertz CT molecular complexity index is 767. The zero-order valence-electron chi connectivity index (χ0n) is 13.2. The van der Waals surface area contributed by atoms with Crippen molar-refractivity contribution < 1.29 is 22.7 Å². The topological polar surface area (TPSA) is 106 Å². The van der Waals surface area contributed by atoms with Gasteiger partial charge in [0.05, 0.1) is 11.3 Å². The molecule has 25 heavy (non-hydrogen) atoms. The molecule has 0 aliphatic heterocycles. The molecule has 2 amide bonds. The number of alkyl halides is 3. The van der Waals surface area contributed by atoms with E-state index in [1.807, 2.05) is 0 Å². The number of amides is 2. The predicted molar refractivity (Wildman–Crippen MR) is 84.1 cm³/mol. The van der Waals surface area contributed by atoms with E-state index < -0.39 is 24.4 Å². The number of halogens is 3. The van der Waals surface area contributed by atoms with Crippen molar-refractivity contribution >= 4 is 11.7 Å². The second-order valence-corrected chi connectivity index (χ2v) is 5.03. The Labute approximate surface area is 141 Å². The highest BCUT2D eigenvalue weighted by Gasteiger charge is 2.35. The van der Waals surface area contributed by atoms with Gasteiger partial charge in [0.25, 0.3) is 0 Å². The third-order valence-electron chi connectivity index (χ3n) is 3.29. The maximum Gasteiger partial charge on any atom is 0.416 e. The van der Waals surface area contributed by atoms with Crippen molar-refractivity contribution in [1.29, 1.82) is 0 Å². The number of urea groups is 1. The summed E-state index contributed by atoms with van der Waals surface area (Å²) in [6.07, 6.45) is -4.66. The number of benzene rings is 1. The fourth-order valence-electron chi connectivity index (χ4n) is 2.14. The van der Waals surface area contributed by atoms with Crippen molar-refractivity contribution in [3.63, 3.8) is 0 Å². The van der Waals surface area contributed by atoms with E-state index in [4.69, 9.17) is 16.4 Å². The van der Waals surface area contributed by atoms with E-state index in [2.05, 4.69) is 4.98 Å². The van der Waals surface area contributed by atoms with Crippen LogP contribution in [0.3, 0.4) is 0 Å². The van der Waals surface area contributed by atoms with E-state index in [1.165, 1.54) is 12.1 Å². The number of aryl methyl sites for hydroxylation is 1. The summed E-state index contributed by atoms with van der Waals surface area (Å²) >= 11 is 0. The Kier molecular flexibility index (Phi) is 5.45. The van der Waals surface area contributed by atoms with Crippen molar-refractivity contribution in [3.05, 3.63) is 53.2 Å². The van der Waals surface area contributed by atoms with Crippen LogP contribution >= 0.6 is 0 Å². The van der Waals surface area contributed by atoms with Crippen LogP contribution in [0.15, 0.2) is 36.4 Å². The third-order valence-corrected chi connectivity index (χ3v) is 3.29. The fraction of sp³-hybridized carbons (Fsp3) is 0.200. The second-order valence-electron chi connectivity index (χ2n) is 5.03. The first-order chi connectivity index (χ1) is 11.7. The van der Waals surface area contributed by atoms with Crippen molar-refractivity contribution in [2.45, 2.75) is 19.7 Å². The number of rotatable bonds is 4. The molecule has 2 rings (SSSR count). The molecule has 1 aromatic carbocycles. The summed E-state index contributed by atoms with van der Waals surface area (Å²) in [6.45, 7) is 1.22. The van der Waals surface area contributed by atoms with Gasteiger partial charge in [-0.05, 0) is 25.1 Å². The van der Waals surface area contributed by atoms with Gasteiger partial charge in [-0.1, -0.05) is 12.1 Å². The van der Waals surface area contributed by atoms with Crippen molar-refractivity contribution in [3.8, 4) is 5.88 Å². The smallest absolute Gasteiger partial charge is 0.416 e. The molecule has 5 N–H and O–H groups in total. The molecular formula is C15H16F3N5O2. The number of hydrogen-bond donors (Lipinski definition) is 3. The molecule has 0 saturated heterocycles. The van der Waals surface area contributed by atoms with Crippen LogP contribution in [0.25, 0.3) is 0 Å². The molecule has 0 saturated carbocycles. The summed E-state index contributed by atoms with van der Waals surface area (Å²) in [5.41, 5.74) is 0.922. The van der Waals surface area contributed by atoms with Gasteiger partial charge >= 0.3 is 12.2 Å². The van der Waals surface area contributed by atoms with Crippen LogP contribution in [-0.4, -0.2) is 11.0 Å². The van der Waals surface area contributed by atoms with Gasteiger partial charge in [-0.15, -0.1) is 0 Å². The van der Waals surface area contributed by atoms with Crippen molar-refractivity contribution in [2.24, 2.45) is 11.7 Å². The van der Waals surface area contributed by atoms with E-state index in [1.54, 1.807) is 24.5 Å². The van der Waals surface area contributed by atoms with Crippen molar-refractivity contribution in [1.82, 2.24) is 10.4 Å². The molecule has 0 bridgehead atoms. The van der Waals surface area contributed by atoms with Crippen LogP contribution in [0.5, 0.6) is 5.88 Å². The number of hydrazine groups is 2. The van der Waals surface area contributed by atoms with E-state index in [0.29, 0.717) is 10.7 Å². The molecule has 1 aromatic heterocycles. The summed E-state index contributed by atoms with van der Waals surface area (Å²) in [6, 6.07) is 7.17. The quantitative estimate of drug-likeness (QED) is 0.443. The number of ether oxygens (including phenoxy) is 1. The summed E-state index contributed by atoms with van der Waals surface area (Å²) in [4.78, 5) is 15.6. The van der Waals surface area contributed by atoms with Crippen LogP contribution < -0.4 is 26.9 Å². The molecule has 10 heteroatoms. The van der Waals surface area contributed by atoms with Gasteiger partial charge in [0.1, 0.15) is 6.61 Å². The van der Waals surface area contributed by atoms with Crippen molar-refractivity contribution in [2.75, 3.05) is 5.01 Å². The largest absolute Gasteiger partial charge is 0.473 e. The van der Waals surface area contributed by atoms with Gasteiger partial charge in [-0.3, -0.25) is 5.43 Å². The first-order valence-corrected chi connectivity index (χ1v) is 7.05. The maximum absolute atomic E-state index is 13.3. The third kappa shape index (κ3) is 4.37. The Balaban J connectivity index is 2.42. The average molecular weight is 355 g/mol. The van der Waals surface area contributed by atoms with Gasteiger partial charge < -0.3 is 4.74 Å². The van der Waals surface area contributed by atoms with E-state index in [9.17, 15) is 18.0 Å². The number of nitrogens with two attached hydrogens (primary N) is 2. The normalized spacial score (nSPS) is 11.1. The molecule has 0 radical (unpaired) electrons. The predicted octanol–water partition coefficient (Wildman–Crippen LogP) is 2.25. The van der Waals surface area contributed by atoms with Gasteiger partial charge in [-0.25, -0.2) is 26.5 Å². The molecule has 0 aliphatic rings. The molecule has 0 fully saturated rings. The van der Waals surface area contributed by atoms with Crippen LogP contribution in [0.2, 0.25) is 0 Å². The monoisotopic (exact) mass is 355 g/mol. The molecule has 1 heterocycles. The van der Waals surface area contributed by atoms with E-state index >= 15 is 0 Å². The minimum atomic E-state index is -4.66. The molecule has 0 unspecified atom stereocenters. The highest BCUT2D eigenvalue weighted by molar-refractivity contribution is 5.91. The molecule has 0 spiro atoms.